The number of carbonyl (C=O) groups is 3. The number of piperazine rings is 1. The van der Waals surface area contributed by atoms with Crippen LogP contribution in [-0.4, -0.2) is 95.6 Å². The quantitative estimate of drug-likeness (QED) is 0.352. The van der Waals surface area contributed by atoms with E-state index in [4.69, 9.17) is 0 Å². The topological polar surface area (TPSA) is 85.0 Å². The molecule has 8 rings (SSSR count). The highest BCUT2D eigenvalue weighted by Crippen LogP contribution is 2.55. The van der Waals surface area contributed by atoms with E-state index in [0.717, 1.165) is 79.8 Å². The third-order valence-electron chi connectivity index (χ3n) is 10.6. The fraction of sp³-hybridized carbons (Fsp3) is 0.710. The van der Waals surface area contributed by atoms with Gasteiger partial charge in [-0.1, -0.05) is 6.07 Å². The second kappa shape index (κ2) is 11.0. The summed E-state index contributed by atoms with van der Waals surface area (Å²) in [5, 5.41) is 6.46. The van der Waals surface area contributed by atoms with Crippen LogP contribution in [0, 0.1) is 17.8 Å². The monoisotopic (exact) mass is 565 g/mol. The summed E-state index contributed by atoms with van der Waals surface area (Å²) in [6.07, 6.45) is 9.49. The minimum Gasteiger partial charge on any atom is -0.322 e. The van der Waals surface area contributed by atoms with Gasteiger partial charge < -0.3 is 10.2 Å². The van der Waals surface area contributed by atoms with Crippen LogP contribution in [0.5, 0.6) is 0 Å². The number of hydrogen-bond acceptors (Lipinski definition) is 7. The van der Waals surface area contributed by atoms with Gasteiger partial charge in [-0.2, -0.15) is 0 Å². The summed E-state index contributed by atoms with van der Waals surface area (Å²) in [5.74, 6) is 3.29. The normalized spacial score (nSPS) is 34.0. The molecule has 6 fully saturated rings. The molecule has 40 heavy (non-hydrogen) atoms. The summed E-state index contributed by atoms with van der Waals surface area (Å²) in [5.41, 5.74) is 2.19. The molecule has 9 heteroatoms. The molecule has 1 aromatic rings. The third-order valence-corrected chi connectivity index (χ3v) is 11.7. The van der Waals surface area contributed by atoms with Gasteiger partial charge in [-0.25, -0.2) is 0 Å². The molecular formula is C31H43N5O3S. The van der Waals surface area contributed by atoms with Crippen molar-refractivity contribution < 1.29 is 14.4 Å². The lowest BCUT2D eigenvalue weighted by molar-refractivity contribution is -0.136. The minimum atomic E-state index is -0.561. The molecule has 0 spiro atoms. The van der Waals surface area contributed by atoms with E-state index in [2.05, 4.69) is 26.5 Å². The van der Waals surface area contributed by atoms with E-state index in [1.807, 2.05) is 23.9 Å². The number of imide groups is 1. The van der Waals surface area contributed by atoms with Gasteiger partial charge in [0, 0.05) is 80.5 Å². The average molecular weight is 566 g/mol. The highest BCUT2D eigenvalue weighted by atomic mass is 32.2. The molecule has 0 aromatic heterocycles. The van der Waals surface area contributed by atoms with Crippen LogP contribution in [0.3, 0.4) is 0 Å². The van der Waals surface area contributed by atoms with E-state index in [0.29, 0.717) is 24.1 Å². The van der Waals surface area contributed by atoms with E-state index in [9.17, 15) is 14.4 Å². The summed E-state index contributed by atoms with van der Waals surface area (Å²) < 4.78 is 0. The lowest BCUT2D eigenvalue weighted by Gasteiger charge is -2.57. The summed E-state index contributed by atoms with van der Waals surface area (Å²) >= 11 is 1.81. The van der Waals surface area contributed by atoms with E-state index in [1.165, 1.54) is 38.5 Å². The van der Waals surface area contributed by atoms with E-state index >= 15 is 0 Å². The van der Waals surface area contributed by atoms with Crippen molar-refractivity contribution in [1.29, 1.82) is 0 Å². The molecule has 3 aliphatic heterocycles. The largest absolute Gasteiger partial charge is 0.322 e. The zero-order valence-electron chi connectivity index (χ0n) is 23.5. The van der Waals surface area contributed by atoms with Gasteiger partial charge >= 0.3 is 0 Å². The summed E-state index contributed by atoms with van der Waals surface area (Å²) in [6.45, 7) is 8.30. The van der Waals surface area contributed by atoms with Crippen molar-refractivity contribution in [1.82, 2.24) is 25.3 Å². The van der Waals surface area contributed by atoms with Crippen molar-refractivity contribution in [2.24, 2.45) is 17.8 Å². The second-order valence-electron chi connectivity index (χ2n) is 13.3. The van der Waals surface area contributed by atoms with E-state index in [-0.39, 0.29) is 24.1 Å². The Hall–Kier alpha value is -1.94. The lowest BCUT2D eigenvalue weighted by atomic mass is 9.53. The number of fused-ring (bicyclic) bond motifs is 1. The number of benzene rings is 1. The summed E-state index contributed by atoms with van der Waals surface area (Å²) in [4.78, 5) is 45.0. The van der Waals surface area contributed by atoms with Gasteiger partial charge in [0.1, 0.15) is 6.04 Å². The fourth-order valence-corrected chi connectivity index (χ4v) is 10.1. The molecule has 1 aromatic carbocycles. The van der Waals surface area contributed by atoms with Crippen LogP contribution >= 0.6 is 11.8 Å². The predicted octanol–water partition coefficient (Wildman–Crippen LogP) is 2.72. The molecule has 4 aliphatic carbocycles. The Bertz CT molecular complexity index is 1130. The number of amides is 3. The zero-order chi connectivity index (χ0) is 27.3. The Labute approximate surface area is 242 Å². The van der Waals surface area contributed by atoms with Gasteiger partial charge in [0.05, 0.1) is 0 Å². The number of piperidine rings is 1. The van der Waals surface area contributed by atoms with Crippen molar-refractivity contribution in [2.45, 2.75) is 74.4 Å². The highest BCUT2D eigenvalue weighted by Gasteiger charge is 2.50. The van der Waals surface area contributed by atoms with Crippen molar-refractivity contribution >= 4 is 29.5 Å². The Morgan fingerprint density at radius 2 is 1.60 bits per heavy atom. The van der Waals surface area contributed by atoms with Crippen molar-refractivity contribution in [3.8, 4) is 0 Å². The number of rotatable bonds is 9. The van der Waals surface area contributed by atoms with Crippen LogP contribution in [0.4, 0.5) is 0 Å². The Morgan fingerprint density at radius 3 is 2.27 bits per heavy atom. The molecule has 8 nitrogen and oxygen atoms in total. The Morgan fingerprint density at radius 1 is 0.925 bits per heavy atom. The molecule has 1 unspecified atom stereocenters. The van der Waals surface area contributed by atoms with Crippen molar-refractivity contribution in [3.05, 3.63) is 29.3 Å². The predicted molar refractivity (Wildman–Crippen MR) is 155 cm³/mol. The summed E-state index contributed by atoms with van der Waals surface area (Å²) in [6, 6.07) is 5.35. The molecule has 4 saturated carbocycles. The maximum atomic E-state index is 13.1. The molecule has 2 saturated heterocycles. The number of hydrogen-bond donors (Lipinski definition) is 2. The fourth-order valence-electron chi connectivity index (χ4n) is 9.02. The Kier molecular flexibility index (Phi) is 7.43. The number of nitrogens with one attached hydrogen (secondary N) is 2. The number of thioether (sulfide) groups is 1. The van der Waals surface area contributed by atoms with Crippen LogP contribution in [0.15, 0.2) is 23.1 Å². The minimum absolute atomic E-state index is 0.0965. The Balaban J connectivity index is 0.847. The van der Waals surface area contributed by atoms with Gasteiger partial charge in [-0.05, 0) is 80.4 Å². The van der Waals surface area contributed by atoms with Crippen molar-refractivity contribution in [2.75, 3.05) is 51.6 Å². The van der Waals surface area contributed by atoms with Crippen LogP contribution < -0.4 is 10.6 Å². The van der Waals surface area contributed by atoms with E-state index < -0.39 is 6.04 Å². The van der Waals surface area contributed by atoms with Gasteiger partial charge in [-0.15, -0.1) is 11.8 Å². The number of carbonyl (C=O) groups excluding carboxylic acids is 3. The SMILES string of the molecule is O=C1CCC(N2Cc3c(SCCN4CCN(CCNC56CC7CC(CC(C7)C5)C6)CC4)cccc3C2=O)C(=O)N1. The van der Waals surface area contributed by atoms with E-state index in [1.54, 1.807) is 4.90 Å². The molecular weight excluding hydrogens is 522 g/mol. The zero-order valence-corrected chi connectivity index (χ0v) is 24.4. The van der Waals surface area contributed by atoms with Crippen LogP contribution in [0.1, 0.15) is 67.3 Å². The standard InChI is InChI=1S/C31H43N5O3S/c37-28-5-4-26(29(38)33-28)36-20-25-24(30(36)39)2-1-3-27(25)40-13-12-35-10-8-34(9-11-35)7-6-32-31-17-21-14-22(18-31)16-23(15-21)19-31/h1-3,21-23,26,32H,4-20H2,(H,33,37,38). The smallest absolute Gasteiger partial charge is 0.255 e. The molecule has 0 radical (unpaired) electrons. The average Bonchev–Trinajstić information content (AvgIpc) is 3.25. The first-order valence-electron chi connectivity index (χ1n) is 15.5. The first kappa shape index (κ1) is 26.9. The maximum absolute atomic E-state index is 13.1. The molecule has 216 valence electrons. The molecule has 3 heterocycles. The van der Waals surface area contributed by atoms with Gasteiger partial charge in [-0.3, -0.25) is 29.5 Å². The summed E-state index contributed by atoms with van der Waals surface area (Å²) in [7, 11) is 0. The molecule has 3 amide bonds. The van der Waals surface area contributed by atoms with Gasteiger partial charge in [0.2, 0.25) is 11.8 Å². The van der Waals surface area contributed by atoms with Gasteiger partial charge in [0.25, 0.3) is 5.91 Å². The highest BCUT2D eigenvalue weighted by molar-refractivity contribution is 7.99. The molecule has 2 N–H and O–H groups in total. The number of nitrogens with zero attached hydrogens (tertiary/aromatic N) is 3. The van der Waals surface area contributed by atoms with Crippen LogP contribution in [-0.2, 0) is 16.1 Å². The lowest BCUT2D eigenvalue weighted by Crippen LogP contribution is -2.59. The molecule has 4 bridgehead atoms. The third kappa shape index (κ3) is 5.35. The van der Waals surface area contributed by atoms with Crippen LogP contribution in [0.25, 0.3) is 0 Å². The molecule has 7 aliphatic rings. The second-order valence-corrected chi connectivity index (χ2v) is 14.5. The van der Waals surface area contributed by atoms with Crippen LogP contribution in [0.2, 0.25) is 0 Å². The first-order valence-corrected chi connectivity index (χ1v) is 16.5. The first-order chi connectivity index (χ1) is 19.4. The maximum Gasteiger partial charge on any atom is 0.255 e. The van der Waals surface area contributed by atoms with Crippen molar-refractivity contribution in [3.63, 3.8) is 0 Å². The van der Waals surface area contributed by atoms with Gasteiger partial charge in [0.15, 0.2) is 0 Å². The molecule has 1 atom stereocenters.